The van der Waals surface area contributed by atoms with Crippen LogP contribution >= 0.6 is 0 Å². The van der Waals surface area contributed by atoms with Gasteiger partial charge in [-0.3, -0.25) is 4.79 Å². The first kappa shape index (κ1) is 14.5. The SMILES string of the molecule is COC(=O)C(CC(C)C)NC1CCCC1(C)C. The third-order valence-electron chi connectivity index (χ3n) is 3.85. The first-order valence-corrected chi connectivity index (χ1v) is 6.70. The molecular formula is C14H27NO2. The van der Waals surface area contributed by atoms with Gasteiger partial charge in [0.15, 0.2) is 0 Å². The molecule has 0 aromatic rings. The third-order valence-corrected chi connectivity index (χ3v) is 3.85. The molecule has 0 heterocycles. The number of hydrogen-bond acceptors (Lipinski definition) is 3. The Bertz CT molecular complexity index is 261. The van der Waals surface area contributed by atoms with E-state index >= 15 is 0 Å². The van der Waals surface area contributed by atoms with E-state index in [1.54, 1.807) is 0 Å². The van der Waals surface area contributed by atoms with Gasteiger partial charge in [-0.25, -0.2) is 0 Å². The Hall–Kier alpha value is -0.570. The minimum Gasteiger partial charge on any atom is -0.468 e. The van der Waals surface area contributed by atoms with Crippen molar-refractivity contribution >= 4 is 5.97 Å². The van der Waals surface area contributed by atoms with Gasteiger partial charge in [-0.15, -0.1) is 0 Å². The number of esters is 1. The van der Waals surface area contributed by atoms with E-state index in [-0.39, 0.29) is 12.0 Å². The maximum absolute atomic E-state index is 11.8. The van der Waals surface area contributed by atoms with Crippen molar-refractivity contribution in [2.45, 2.75) is 65.5 Å². The highest BCUT2D eigenvalue weighted by atomic mass is 16.5. The van der Waals surface area contributed by atoms with Crippen molar-refractivity contribution in [1.29, 1.82) is 0 Å². The number of hydrogen-bond donors (Lipinski definition) is 1. The molecule has 0 aromatic carbocycles. The van der Waals surface area contributed by atoms with E-state index in [9.17, 15) is 4.79 Å². The van der Waals surface area contributed by atoms with Crippen LogP contribution in [0, 0.1) is 11.3 Å². The van der Waals surface area contributed by atoms with Crippen LogP contribution in [0.15, 0.2) is 0 Å². The fraction of sp³-hybridized carbons (Fsp3) is 0.929. The van der Waals surface area contributed by atoms with Crippen LogP contribution < -0.4 is 5.32 Å². The lowest BCUT2D eigenvalue weighted by Gasteiger charge is -2.31. The predicted octanol–water partition coefficient (Wildman–Crippen LogP) is 2.74. The first-order valence-electron chi connectivity index (χ1n) is 6.70. The second-order valence-corrected chi connectivity index (χ2v) is 6.31. The second kappa shape index (κ2) is 5.85. The second-order valence-electron chi connectivity index (χ2n) is 6.31. The number of rotatable bonds is 5. The van der Waals surface area contributed by atoms with Gasteiger partial charge in [0.1, 0.15) is 6.04 Å². The third kappa shape index (κ3) is 3.98. The molecule has 0 amide bonds. The molecule has 1 fully saturated rings. The topological polar surface area (TPSA) is 38.3 Å². The molecule has 1 aliphatic carbocycles. The van der Waals surface area contributed by atoms with Gasteiger partial charge in [-0.05, 0) is 30.6 Å². The summed E-state index contributed by atoms with van der Waals surface area (Å²) in [7, 11) is 1.47. The van der Waals surface area contributed by atoms with E-state index in [0.29, 0.717) is 17.4 Å². The van der Waals surface area contributed by atoms with Crippen LogP contribution in [0.3, 0.4) is 0 Å². The molecule has 1 saturated carbocycles. The molecular weight excluding hydrogens is 214 g/mol. The van der Waals surface area contributed by atoms with Crippen molar-refractivity contribution in [3.8, 4) is 0 Å². The zero-order chi connectivity index (χ0) is 13.1. The summed E-state index contributed by atoms with van der Waals surface area (Å²) < 4.78 is 4.89. The predicted molar refractivity (Wildman–Crippen MR) is 69.8 cm³/mol. The van der Waals surface area contributed by atoms with Crippen molar-refractivity contribution in [3.63, 3.8) is 0 Å². The molecule has 0 aliphatic heterocycles. The highest BCUT2D eigenvalue weighted by molar-refractivity contribution is 5.75. The number of methoxy groups -OCH3 is 1. The molecule has 0 aromatic heterocycles. The first-order chi connectivity index (χ1) is 7.86. The smallest absolute Gasteiger partial charge is 0.322 e. The maximum atomic E-state index is 11.8. The molecule has 2 unspecified atom stereocenters. The number of carbonyl (C=O) groups excluding carboxylic acids is 1. The lowest BCUT2D eigenvalue weighted by Crippen LogP contribution is -2.48. The maximum Gasteiger partial charge on any atom is 0.322 e. The van der Waals surface area contributed by atoms with Crippen LogP contribution in [-0.4, -0.2) is 25.2 Å². The highest BCUT2D eigenvalue weighted by Crippen LogP contribution is 2.37. The monoisotopic (exact) mass is 241 g/mol. The van der Waals surface area contributed by atoms with Gasteiger partial charge in [-0.2, -0.15) is 0 Å². The van der Waals surface area contributed by atoms with Crippen molar-refractivity contribution in [2.24, 2.45) is 11.3 Å². The Balaban J connectivity index is 2.62. The molecule has 3 heteroatoms. The zero-order valence-electron chi connectivity index (χ0n) is 11.9. The molecule has 100 valence electrons. The van der Waals surface area contributed by atoms with Gasteiger partial charge >= 0.3 is 5.97 Å². The quantitative estimate of drug-likeness (QED) is 0.752. The molecule has 1 rings (SSSR count). The van der Waals surface area contributed by atoms with Crippen LogP contribution in [0.1, 0.15) is 53.4 Å². The average molecular weight is 241 g/mol. The summed E-state index contributed by atoms with van der Waals surface area (Å²) in [5.74, 6) is 0.373. The van der Waals surface area contributed by atoms with E-state index in [1.165, 1.54) is 26.4 Å². The molecule has 0 saturated heterocycles. The Morgan fingerprint density at radius 2 is 2.12 bits per heavy atom. The Kier molecular flexibility index (Phi) is 4.99. The van der Waals surface area contributed by atoms with Gasteiger partial charge < -0.3 is 10.1 Å². The van der Waals surface area contributed by atoms with E-state index in [4.69, 9.17) is 4.74 Å². The summed E-state index contributed by atoms with van der Waals surface area (Å²) in [5, 5.41) is 3.51. The fourth-order valence-electron chi connectivity index (χ4n) is 2.72. The minimum absolute atomic E-state index is 0.124. The van der Waals surface area contributed by atoms with Crippen molar-refractivity contribution in [1.82, 2.24) is 5.32 Å². The summed E-state index contributed by atoms with van der Waals surface area (Å²) in [6.45, 7) is 8.83. The van der Waals surface area contributed by atoms with Gasteiger partial charge in [0.2, 0.25) is 0 Å². The standard InChI is InChI=1S/C14H27NO2/c1-10(2)9-11(13(16)17-5)15-12-7-6-8-14(12,3)4/h10-12,15H,6-9H2,1-5H3. The molecule has 2 atom stereocenters. The normalized spacial score (nSPS) is 24.9. The number of nitrogens with one attached hydrogen (secondary N) is 1. The van der Waals surface area contributed by atoms with Gasteiger partial charge in [0.05, 0.1) is 7.11 Å². The molecule has 3 nitrogen and oxygen atoms in total. The zero-order valence-corrected chi connectivity index (χ0v) is 11.9. The summed E-state index contributed by atoms with van der Waals surface area (Å²) in [6, 6.07) is 0.285. The lowest BCUT2D eigenvalue weighted by molar-refractivity contribution is -0.144. The number of carbonyl (C=O) groups is 1. The van der Waals surface area contributed by atoms with Crippen LogP contribution in [0.4, 0.5) is 0 Å². The summed E-state index contributed by atoms with van der Waals surface area (Å²) in [5.41, 5.74) is 0.295. The van der Waals surface area contributed by atoms with Crippen LogP contribution in [0.25, 0.3) is 0 Å². The van der Waals surface area contributed by atoms with Crippen molar-refractivity contribution in [3.05, 3.63) is 0 Å². The average Bonchev–Trinajstić information content (AvgIpc) is 2.55. The lowest BCUT2D eigenvalue weighted by atomic mass is 9.86. The van der Waals surface area contributed by atoms with E-state index in [2.05, 4.69) is 33.0 Å². The largest absolute Gasteiger partial charge is 0.468 e. The van der Waals surface area contributed by atoms with E-state index in [0.717, 1.165) is 6.42 Å². The van der Waals surface area contributed by atoms with Gasteiger partial charge in [-0.1, -0.05) is 34.1 Å². The van der Waals surface area contributed by atoms with Crippen molar-refractivity contribution < 1.29 is 9.53 Å². The highest BCUT2D eigenvalue weighted by Gasteiger charge is 2.37. The van der Waals surface area contributed by atoms with E-state index < -0.39 is 0 Å². The Morgan fingerprint density at radius 3 is 2.53 bits per heavy atom. The van der Waals surface area contributed by atoms with Gasteiger partial charge in [0, 0.05) is 6.04 Å². The van der Waals surface area contributed by atoms with Crippen LogP contribution in [0.2, 0.25) is 0 Å². The molecule has 17 heavy (non-hydrogen) atoms. The molecule has 1 aliphatic rings. The molecule has 0 radical (unpaired) electrons. The van der Waals surface area contributed by atoms with Crippen LogP contribution in [0.5, 0.6) is 0 Å². The van der Waals surface area contributed by atoms with Crippen LogP contribution in [-0.2, 0) is 9.53 Å². The minimum atomic E-state index is -0.151. The molecule has 0 spiro atoms. The van der Waals surface area contributed by atoms with E-state index in [1.807, 2.05) is 0 Å². The summed E-state index contributed by atoms with van der Waals surface area (Å²) in [6.07, 6.45) is 4.50. The summed E-state index contributed by atoms with van der Waals surface area (Å²) in [4.78, 5) is 11.8. The van der Waals surface area contributed by atoms with Crippen molar-refractivity contribution in [2.75, 3.05) is 7.11 Å². The Morgan fingerprint density at radius 1 is 1.47 bits per heavy atom. The molecule has 0 bridgehead atoms. The Labute approximate surface area is 105 Å². The summed E-state index contributed by atoms with van der Waals surface area (Å²) >= 11 is 0. The fourth-order valence-corrected chi connectivity index (χ4v) is 2.72. The number of ether oxygens (including phenoxy) is 1. The van der Waals surface area contributed by atoms with Gasteiger partial charge in [0.25, 0.3) is 0 Å². The molecule has 1 N–H and O–H groups in total.